The van der Waals surface area contributed by atoms with Gasteiger partial charge in [0.05, 0.1) is 0 Å². The zero-order chi connectivity index (χ0) is 18.7. The van der Waals surface area contributed by atoms with E-state index < -0.39 is 5.97 Å². The van der Waals surface area contributed by atoms with Crippen LogP contribution in [0.15, 0.2) is 69.8 Å². The van der Waals surface area contributed by atoms with Crippen LogP contribution in [0.1, 0.15) is 26.5 Å². The zero-order valence-electron chi connectivity index (χ0n) is 14.2. The molecule has 1 aromatic heterocycles. The molecule has 0 spiro atoms. The third-order valence-corrected chi connectivity index (χ3v) is 4.24. The summed E-state index contributed by atoms with van der Waals surface area (Å²) < 4.78 is 10.9. The van der Waals surface area contributed by atoms with Gasteiger partial charge >= 0.3 is 5.97 Å². The molecule has 3 rings (SSSR count). The molecule has 0 radical (unpaired) electrons. The number of anilines is 1. The van der Waals surface area contributed by atoms with Crippen LogP contribution in [-0.2, 0) is 0 Å². The first-order valence-electron chi connectivity index (χ1n) is 7.86. The van der Waals surface area contributed by atoms with Crippen LogP contribution in [0.4, 0.5) is 5.69 Å². The summed E-state index contributed by atoms with van der Waals surface area (Å²) in [4.78, 5) is 26.0. The molecular formula is C20H16BrNO4. The third-order valence-electron chi connectivity index (χ3n) is 3.81. The Morgan fingerprint density at radius 1 is 0.962 bits per heavy atom. The molecule has 0 aliphatic rings. The van der Waals surface area contributed by atoms with Crippen molar-refractivity contribution in [3.05, 3.63) is 82.2 Å². The zero-order valence-corrected chi connectivity index (χ0v) is 15.8. The molecule has 0 aliphatic heterocycles. The fourth-order valence-electron chi connectivity index (χ4n) is 2.33. The van der Waals surface area contributed by atoms with Gasteiger partial charge in [-0.05, 0) is 71.4 Å². The number of ether oxygens (including phenoxy) is 1. The van der Waals surface area contributed by atoms with Gasteiger partial charge < -0.3 is 14.1 Å². The summed E-state index contributed by atoms with van der Waals surface area (Å²) in [6.07, 6.45) is 0. The molecule has 1 heterocycles. The molecule has 0 unspecified atom stereocenters. The van der Waals surface area contributed by atoms with Crippen LogP contribution in [0, 0.1) is 6.92 Å². The fraction of sp³-hybridized carbons (Fsp3) is 0.100. The highest BCUT2D eigenvalue weighted by atomic mass is 79.9. The Hall–Kier alpha value is -2.86. The minimum atomic E-state index is -0.590. The van der Waals surface area contributed by atoms with E-state index in [1.54, 1.807) is 54.4 Å². The van der Waals surface area contributed by atoms with Gasteiger partial charge in [-0.1, -0.05) is 17.7 Å². The molecule has 0 bridgehead atoms. The quantitative estimate of drug-likeness (QED) is 0.453. The fourth-order valence-corrected chi connectivity index (χ4v) is 2.63. The molecule has 2 aromatic carbocycles. The number of hydrogen-bond donors (Lipinski definition) is 0. The molecule has 1 amide bonds. The molecule has 0 N–H and O–H groups in total. The molecule has 132 valence electrons. The van der Waals surface area contributed by atoms with E-state index in [2.05, 4.69) is 15.9 Å². The second-order valence-electron chi connectivity index (χ2n) is 5.72. The van der Waals surface area contributed by atoms with Crippen LogP contribution in [0.3, 0.4) is 0 Å². The standard InChI is InChI=1S/C20H16BrNO4/c1-13-3-5-14(6-4-13)19(23)22(2)15-7-9-16(10-8-15)25-20(24)17-11-12-18(21)26-17/h3-12H,1-2H3. The molecule has 0 saturated heterocycles. The van der Waals surface area contributed by atoms with Crippen LogP contribution in [0.25, 0.3) is 0 Å². The summed E-state index contributed by atoms with van der Waals surface area (Å²) in [5.41, 5.74) is 2.40. The Balaban J connectivity index is 1.69. The van der Waals surface area contributed by atoms with Crippen molar-refractivity contribution < 1.29 is 18.7 Å². The van der Waals surface area contributed by atoms with Gasteiger partial charge in [0.1, 0.15) is 5.75 Å². The molecule has 0 atom stereocenters. The number of carbonyl (C=O) groups excluding carboxylic acids is 2. The highest BCUT2D eigenvalue weighted by Crippen LogP contribution is 2.22. The van der Waals surface area contributed by atoms with Gasteiger partial charge in [0.15, 0.2) is 4.67 Å². The number of esters is 1. The van der Waals surface area contributed by atoms with E-state index in [1.807, 2.05) is 19.1 Å². The van der Waals surface area contributed by atoms with E-state index in [0.717, 1.165) is 5.56 Å². The van der Waals surface area contributed by atoms with Gasteiger partial charge in [-0.25, -0.2) is 4.79 Å². The Morgan fingerprint density at radius 2 is 1.62 bits per heavy atom. The number of carbonyl (C=O) groups is 2. The largest absolute Gasteiger partial charge is 0.442 e. The van der Waals surface area contributed by atoms with Crippen molar-refractivity contribution in [2.24, 2.45) is 0 Å². The van der Waals surface area contributed by atoms with E-state index in [1.165, 1.54) is 6.07 Å². The smallest absolute Gasteiger partial charge is 0.379 e. The Morgan fingerprint density at radius 3 is 2.19 bits per heavy atom. The van der Waals surface area contributed by atoms with Crippen LogP contribution < -0.4 is 9.64 Å². The van der Waals surface area contributed by atoms with Gasteiger partial charge in [0, 0.05) is 18.3 Å². The molecular weight excluding hydrogens is 398 g/mol. The molecule has 0 aliphatic carbocycles. The number of nitrogens with zero attached hydrogens (tertiary/aromatic N) is 1. The Labute approximate surface area is 159 Å². The molecule has 6 heteroatoms. The van der Waals surface area contributed by atoms with Gasteiger partial charge in [0.25, 0.3) is 5.91 Å². The molecule has 0 saturated carbocycles. The predicted octanol–water partition coefficient (Wildman–Crippen LogP) is 4.85. The average molecular weight is 414 g/mol. The second kappa shape index (κ2) is 7.58. The van der Waals surface area contributed by atoms with Gasteiger partial charge in [0.2, 0.25) is 5.76 Å². The second-order valence-corrected chi connectivity index (χ2v) is 6.50. The van der Waals surface area contributed by atoms with Gasteiger partial charge in [-0.2, -0.15) is 0 Å². The maximum atomic E-state index is 12.5. The number of rotatable bonds is 4. The van der Waals surface area contributed by atoms with Crippen molar-refractivity contribution >= 4 is 33.5 Å². The first-order valence-corrected chi connectivity index (χ1v) is 8.65. The Kier molecular flexibility index (Phi) is 5.23. The van der Waals surface area contributed by atoms with E-state index >= 15 is 0 Å². The summed E-state index contributed by atoms with van der Waals surface area (Å²) in [5.74, 6) is -0.238. The maximum absolute atomic E-state index is 12.5. The lowest BCUT2D eigenvalue weighted by molar-refractivity contribution is 0.0699. The van der Waals surface area contributed by atoms with Gasteiger partial charge in [-0.15, -0.1) is 0 Å². The van der Waals surface area contributed by atoms with Crippen molar-refractivity contribution in [2.75, 3.05) is 11.9 Å². The van der Waals surface area contributed by atoms with E-state index in [-0.39, 0.29) is 11.7 Å². The number of halogens is 1. The number of aryl methyl sites for hydroxylation is 1. The lowest BCUT2D eigenvalue weighted by atomic mass is 10.1. The lowest BCUT2D eigenvalue weighted by Gasteiger charge is -2.18. The normalized spacial score (nSPS) is 10.4. The summed E-state index contributed by atoms with van der Waals surface area (Å²) >= 11 is 3.14. The maximum Gasteiger partial charge on any atom is 0.379 e. The number of hydrogen-bond acceptors (Lipinski definition) is 4. The monoisotopic (exact) mass is 413 g/mol. The Bertz CT molecular complexity index is 929. The minimum absolute atomic E-state index is 0.104. The van der Waals surface area contributed by atoms with Crippen molar-refractivity contribution in [2.45, 2.75) is 6.92 Å². The topological polar surface area (TPSA) is 59.8 Å². The van der Waals surface area contributed by atoms with E-state index in [4.69, 9.17) is 9.15 Å². The third kappa shape index (κ3) is 4.03. The summed E-state index contributed by atoms with van der Waals surface area (Å²) in [6, 6.07) is 17.2. The average Bonchev–Trinajstić information content (AvgIpc) is 3.08. The number of amides is 1. The molecule has 0 fully saturated rings. The summed E-state index contributed by atoms with van der Waals surface area (Å²) in [7, 11) is 1.70. The minimum Gasteiger partial charge on any atom is -0.442 e. The molecule has 26 heavy (non-hydrogen) atoms. The summed E-state index contributed by atoms with van der Waals surface area (Å²) in [5, 5.41) is 0. The van der Waals surface area contributed by atoms with Crippen LogP contribution in [-0.4, -0.2) is 18.9 Å². The number of benzene rings is 2. The van der Waals surface area contributed by atoms with Gasteiger partial charge in [-0.3, -0.25) is 4.79 Å². The van der Waals surface area contributed by atoms with E-state index in [9.17, 15) is 9.59 Å². The van der Waals surface area contributed by atoms with Crippen molar-refractivity contribution in [3.8, 4) is 5.75 Å². The molecule has 5 nitrogen and oxygen atoms in total. The first-order chi connectivity index (χ1) is 12.4. The van der Waals surface area contributed by atoms with E-state index in [0.29, 0.717) is 21.7 Å². The van der Waals surface area contributed by atoms with Crippen molar-refractivity contribution in [1.29, 1.82) is 0 Å². The SMILES string of the molecule is Cc1ccc(C(=O)N(C)c2ccc(OC(=O)c3ccc(Br)o3)cc2)cc1. The van der Waals surface area contributed by atoms with Crippen LogP contribution in [0.2, 0.25) is 0 Å². The summed E-state index contributed by atoms with van der Waals surface area (Å²) in [6.45, 7) is 1.97. The highest BCUT2D eigenvalue weighted by molar-refractivity contribution is 9.10. The van der Waals surface area contributed by atoms with Crippen LogP contribution >= 0.6 is 15.9 Å². The lowest BCUT2D eigenvalue weighted by Crippen LogP contribution is -2.26. The van der Waals surface area contributed by atoms with Crippen molar-refractivity contribution in [1.82, 2.24) is 0 Å². The highest BCUT2D eigenvalue weighted by Gasteiger charge is 2.15. The van der Waals surface area contributed by atoms with Crippen LogP contribution in [0.5, 0.6) is 5.75 Å². The predicted molar refractivity (Wildman–Crippen MR) is 102 cm³/mol. The first kappa shape index (κ1) is 17.9. The molecule has 3 aromatic rings. The number of furan rings is 1. The van der Waals surface area contributed by atoms with Crippen molar-refractivity contribution in [3.63, 3.8) is 0 Å².